The fraction of sp³-hybridized carbons (Fsp3) is 0.357. The van der Waals surface area contributed by atoms with Gasteiger partial charge in [-0.3, -0.25) is 0 Å². The molecule has 0 radical (unpaired) electrons. The van der Waals surface area contributed by atoms with E-state index in [1.807, 2.05) is 16.8 Å². The molecule has 2 rings (SSSR count). The molecule has 0 bridgehead atoms. The van der Waals surface area contributed by atoms with Crippen molar-refractivity contribution in [3.05, 3.63) is 47.5 Å². The molecule has 102 valence electrons. The lowest BCUT2D eigenvalue weighted by atomic mass is 10.1. The van der Waals surface area contributed by atoms with Crippen LogP contribution in [-0.4, -0.2) is 21.3 Å². The molecular formula is C14H17ClN2O2. The number of aliphatic hydroxyl groups excluding tert-OH is 1. The molecule has 1 atom stereocenters. The zero-order valence-corrected chi connectivity index (χ0v) is 11.5. The van der Waals surface area contributed by atoms with Crippen molar-refractivity contribution >= 4 is 11.6 Å². The lowest BCUT2D eigenvalue weighted by Crippen LogP contribution is -2.03. The van der Waals surface area contributed by atoms with E-state index in [-0.39, 0.29) is 0 Å². The first-order chi connectivity index (χ1) is 9.16. The second kappa shape index (κ2) is 6.59. The van der Waals surface area contributed by atoms with Crippen LogP contribution in [0.5, 0.6) is 5.75 Å². The molecular weight excluding hydrogens is 264 g/mol. The molecule has 0 saturated carbocycles. The Bertz CT molecular complexity index is 512. The zero-order chi connectivity index (χ0) is 13.7. The smallest absolute Gasteiger partial charge is 0.137 e. The van der Waals surface area contributed by atoms with E-state index in [4.69, 9.17) is 16.3 Å². The van der Waals surface area contributed by atoms with E-state index in [2.05, 4.69) is 4.98 Å². The maximum atomic E-state index is 9.45. The summed E-state index contributed by atoms with van der Waals surface area (Å²) in [7, 11) is 0. The Hall–Kier alpha value is -1.52. The largest absolute Gasteiger partial charge is 0.492 e. The molecule has 0 fully saturated rings. The number of benzene rings is 1. The van der Waals surface area contributed by atoms with Crippen molar-refractivity contribution in [3.63, 3.8) is 0 Å². The lowest BCUT2D eigenvalue weighted by Gasteiger charge is -2.11. The van der Waals surface area contributed by atoms with Crippen LogP contribution in [0.4, 0.5) is 0 Å². The van der Waals surface area contributed by atoms with Crippen molar-refractivity contribution in [1.82, 2.24) is 9.55 Å². The minimum Gasteiger partial charge on any atom is -0.492 e. The molecule has 0 amide bonds. The number of nitrogens with zero attached hydrogens (tertiary/aromatic N) is 2. The summed E-state index contributed by atoms with van der Waals surface area (Å²) in [6, 6.07) is 5.35. The van der Waals surface area contributed by atoms with Crippen LogP contribution >= 0.6 is 11.6 Å². The van der Waals surface area contributed by atoms with Crippen LogP contribution in [0.3, 0.4) is 0 Å². The molecule has 5 heteroatoms. The van der Waals surface area contributed by atoms with Gasteiger partial charge in [0.15, 0.2) is 0 Å². The Balaban J connectivity index is 1.82. The molecule has 0 spiro atoms. The standard InChI is InChI=1S/C14H17ClN2O2/c1-11(18)12-3-4-14(13(15)9-12)19-8-2-6-17-7-5-16-10-17/h3-5,7,9-11,18H,2,6,8H2,1H3/t11-/m1/s1. The maximum Gasteiger partial charge on any atom is 0.137 e. The highest BCUT2D eigenvalue weighted by Gasteiger charge is 2.06. The Labute approximate surface area is 117 Å². The van der Waals surface area contributed by atoms with E-state index in [0.717, 1.165) is 18.5 Å². The number of aryl methyl sites for hydroxylation is 1. The second-order valence-electron chi connectivity index (χ2n) is 4.37. The summed E-state index contributed by atoms with van der Waals surface area (Å²) in [5.74, 6) is 0.650. The Morgan fingerprint density at radius 1 is 1.47 bits per heavy atom. The number of hydrogen-bond acceptors (Lipinski definition) is 3. The maximum absolute atomic E-state index is 9.45. The average Bonchev–Trinajstić information content (AvgIpc) is 2.89. The fourth-order valence-electron chi connectivity index (χ4n) is 1.74. The molecule has 1 heterocycles. The van der Waals surface area contributed by atoms with Crippen molar-refractivity contribution in [3.8, 4) is 5.75 Å². The van der Waals surface area contributed by atoms with Crippen LogP contribution in [0, 0.1) is 0 Å². The van der Waals surface area contributed by atoms with Gasteiger partial charge in [-0.15, -0.1) is 0 Å². The molecule has 1 N–H and O–H groups in total. The summed E-state index contributed by atoms with van der Waals surface area (Å²) >= 11 is 6.10. The third-order valence-electron chi connectivity index (χ3n) is 2.82. The molecule has 4 nitrogen and oxygen atoms in total. The van der Waals surface area contributed by atoms with E-state index in [9.17, 15) is 5.11 Å². The van der Waals surface area contributed by atoms with Gasteiger partial charge in [0.1, 0.15) is 5.75 Å². The van der Waals surface area contributed by atoms with E-state index in [0.29, 0.717) is 17.4 Å². The van der Waals surface area contributed by atoms with E-state index in [1.165, 1.54) is 0 Å². The van der Waals surface area contributed by atoms with Crippen LogP contribution in [0.2, 0.25) is 5.02 Å². The highest BCUT2D eigenvalue weighted by Crippen LogP contribution is 2.27. The van der Waals surface area contributed by atoms with Crippen LogP contribution in [0.15, 0.2) is 36.9 Å². The highest BCUT2D eigenvalue weighted by atomic mass is 35.5. The number of imidazole rings is 1. The summed E-state index contributed by atoms with van der Waals surface area (Å²) in [6.07, 6.45) is 5.82. The summed E-state index contributed by atoms with van der Waals surface area (Å²) in [5.41, 5.74) is 0.788. The third kappa shape index (κ3) is 3.98. The minimum atomic E-state index is -0.521. The Kier molecular flexibility index (Phi) is 4.82. The normalized spacial score (nSPS) is 12.4. The summed E-state index contributed by atoms with van der Waals surface area (Å²) < 4.78 is 7.62. The summed E-state index contributed by atoms with van der Waals surface area (Å²) in [6.45, 7) is 3.16. The molecule has 0 aliphatic heterocycles. The first kappa shape index (κ1) is 13.9. The molecule has 2 aromatic rings. The van der Waals surface area contributed by atoms with Crippen LogP contribution < -0.4 is 4.74 Å². The highest BCUT2D eigenvalue weighted by molar-refractivity contribution is 6.32. The van der Waals surface area contributed by atoms with Gasteiger partial charge in [0.05, 0.1) is 24.1 Å². The van der Waals surface area contributed by atoms with E-state index < -0.39 is 6.10 Å². The first-order valence-corrected chi connectivity index (χ1v) is 6.60. The van der Waals surface area contributed by atoms with E-state index >= 15 is 0 Å². The fourth-order valence-corrected chi connectivity index (χ4v) is 1.99. The van der Waals surface area contributed by atoms with Crippen LogP contribution in [0.25, 0.3) is 0 Å². The lowest BCUT2D eigenvalue weighted by molar-refractivity contribution is 0.199. The van der Waals surface area contributed by atoms with E-state index in [1.54, 1.807) is 31.6 Å². The van der Waals surface area contributed by atoms with Gasteiger partial charge in [-0.1, -0.05) is 17.7 Å². The van der Waals surface area contributed by atoms with Gasteiger partial charge in [0.25, 0.3) is 0 Å². The number of rotatable bonds is 6. The van der Waals surface area contributed by atoms with Crippen molar-refractivity contribution in [2.45, 2.75) is 26.0 Å². The zero-order valence-electron chi connectivity index (χ0n) is 10.8. The predicted molar refractivity (Wildman–Crippen MR) is 74.4 cm³/mol. The van der Waals surface area contributed by atoms with Crippen molar-refractivity contribution in [2.75, 3.05) is 6.61 Å². The number of halogens is 1. The quantitative estimate of drug-likeness (QED) is 0.827. The molecule has 1 aromatic carbocycles. The molecule has 0 aliphatic carbocycles. The Morgan fingerprint density at radius 2 is 2.32 bits per heavy atom. The summed E-state index contributed by atoms with van der Waals surface area (Å²) in [5, 5.41) is 9.98. The monoisotopic (exact) mass is 280 g/mol. The molecule has 0 unspecified atom stereocenters. The summed E-state index contributed by atoms with van der Waals surface area (Å²) in [4.78, 5) is 3.98. The van der Waals surface area contributed by atoms with Crippen molar-refractivity contribution in [2.24, 2.45) is 0 Å². The minimum absolute atomic E-state index is 0.521. The molecule has 1 aromatic heterocycles. The van der Waals surface area contributed by atoms with Gasteiger partial charge in [-0.05, 0) is 31.0 Å². The molecule has 19 heavy (non-hydrogen) atoms. The second-order valence-corrected chi connectivity index (χ2v) is 4.78. The molecule has 0 saturated heterocycles. The van der Waals surface area contributed by atoms with Gasteiger partial charge >= 0.3 is 0 Å². The Morgan fingerprint density at radius 3 is 2.95 bits per heavy atom. The predicted octanol–water partition coefficient (Wildman–Crippen LogP) is 3.06. The molecule has 0 aliphatic rings. The van der Waals surface area contributed by atoms with Crippen LogP contribution in [0.1, 0.15) is 25.0 Å². The van der Waals surface area contributed by atoms with Crippen LogP contribution in [-0.2, 0) is 6.54 Å². The van der Waals surface area contributed by atoms with Gasteiger partial charge in [0, 0.05) is 18.9 Å². The van der Waals surface area contributed by atoms with Crippen molar-refractivity contribution < 1.29 is 9.84 Å². The number of ether oxygens (including phenoxy) is 1. The van der Waals surface area contributed by atoms with Gasteiger partial charge < -0.3 is 14.4 Å². The SMILES string of the molecule is C[C@@H](O)c1ccc(OCCCn2ccnc2)c(Cl)c1. The number of hydrogen-bond donors (Lipinski definition) is 1. The number of aromatic nitrogens is 2. The third-order valence-corrected chi connectivity index (χ3v) is 3.11. The number of aliphatic hydroxyl groups is 1. The average molecular weight is 281 g/mol. The van der Waals surface area contributed by atoms with Gasteiger partial charge in [0.2, 0.25) is 0 Å². The van der Waals surface area contributed by atoms with Crippen molar-refractivity contribution in [1.29, 1.82) is 0 Å². The topological polar surface area (TPSA) is 47.3 Å². The van der Waals surface area contributed by atoms with Gasteiger partial charge in [-0.25, -0.2) is 4.98 Å². The first-order valence-electron chi connectivity index (χ1n) is 6.23. The van der Waals surface area contributed by atoms with Gasteiger partial charge in [-0.2, -0.15) is 0 Å².